The summed E-state index contributed by atoms with van der Waals surface area (Å²) in [5.41, 5.74) is 1.40. The number of rotatable bonds is 11. The number of carbonyl (C=O) groups excluding carboxylic acids is 2. The number of esters is 1. The molecule has 8 nitrogen and oxygen atoms in total. The summed E-state index contributed by atoms with van der Waals surface area (Å²) >= 11 is 0. The van der Waals surface area contributed by atoms with Crippen molar-refractivity contribution < 1.29 is 19.1 Å². The first-order valence-electron chi connectivity index (χ1n) is 13.8. The molecule has 3 aliphatic heterocycles. The fourth-order valence-corrected chi connectivity index (χ4v) is 5.85. The summed E-state index contributed by atoms with van der Waals surface area (Å²) in [5.74, 6) is 0.642. The lowest BCUT2D eigenvalue weighted by Crippen LogP contribution is -2.53. The first-order valence-corrected chi connectivity index (χ1v) is 13.8. The Morgan fingerprint density at radius 3 is 2.39 bits per heavy atom. The molecule has 1 aromatic rings. The van der Waals surface area contributed by atoms with Crippen molar-refractivity contribution in [3.63, 3.8) is 0 Å². The Morgan fingerprint density at radius 2 is 1.69 bits per heavy atom. The van der Waals surface area contributed by atoms with Gasteiger partial charge in [0.15, 0.2) is 6.23 Å². The van der Waals surface area contributed by atoms with E-state index in [2.05, 4.69) is 52.0 Å². The summed E-state index contributed by atoms with van der Waals surface area (Å²) < 4.78 is 10.5. The highest BCUT2D eigenvalue weighted by Gasteiger charge is 2.42. The quantitative estimate of drug-likeness (QED) is 0.341. The molecule has 2 unspecified atom stereocenters. The molecular weight excluding hydrogens is 456 g/mol. The SMILES string of the molecule is COC(=O)CCN1CCN(C2OC(=O)N(CCCCC3CCN(Cc4ccccc4)CC3)C2C)CC1. The summed E-state index contributed by atoms with van der Waals surface area (Å²) in [4.78, 5) is 33.1. The zero-order valence-corrected chi connectivity index (χ0v) is 22.1. The van der Waals surface area contributed by atoms with E-state index in [9.17, 15) is 9.59 Å². The highest BCUT2D eigenvalue weighted by Crippen LogP contribution is 2.26. The lowest BCUT2D eigenvalue weighted by atomic mass is 9.91. The average molecular weight is 501 g/mol. The number of benzene rings is 1. The van der Waals surface area contributed by atoms with Gasteiger partial charge in [0.2, 0.25) is 0 Å². The fourth-order valence-electron chi connectivity index (χ4n) is 5.85. The van der Waals surface area contributed by atoms with Gasteiger partial charge in [-0.05, 0) is 50.8 Å². The number of piperidine rings is 1. The minimum absolute atomic E-state index is 0.0698. The molecule has 36 heavy (non-hydrogen) atoms. The molecule has 0 radical (unpaired) electrons. The molecule has 8 heteroatoms. The molecule has 0 aliphatic carbocycles. The minimum atomic E-state index is -0.172. The van der Waals surface area contributed by atoms with Gasteiger partial charge in [-0.15, -0.1) is 0 Å². The van der Waals surface area contributed by atoms with Crippen LogP contribution in [0.25, 0.3) is 0 Å². The van der Waals surface area contributed by atoms with E-state index < -0.39 is 0 Å². The predicted molar refractivity (Wildman–Crippen MR) is 139 cm³/mol. The van der Waals surface area contributed by atoms with Gasteiger partial charge in [-0.3, -0.25) is 14.6 Å². The van der Waals surface area contributed by atoms with Gasteiger partial charge >= 0.3 is 12.1 Å². The molecule has 0 aromatic heterocycles. The molecule has 3 aliphatic rings. The number of methoxy groups -OCH3 is 1. The van der Waals surface area contributed by atoms with Crippen molar-refractivity contribution in [2.75, 3.05) is 59.5 Å². The van der Waals surface area contributed by atoms with E-state index in [1.807, 2.05) is 4.90 Å². The van der Waals surface area contributed by atoms with Crippen LogP contribution in [0.3, 0.4) is 0 Å². The summed E-state index contributed by atoms with van der Waals surface area (Å²) in [6, 6.07) is 10.8. The molecule has 0 saturated carbocycles. The van der Waals surface area contributed by atoms with E-state index in [0.717, 1.165) is 58.2 Å². The zero-order chi connectivity index (χ0) is 25.3. The monoisotopic (exact) mass is 500 g/mol. The Labute approximate surface area is 216 Å². The Hall–Kier alpha value is -2.16. The molecular formula is C28H44N4O4. The van der Waals surface area contributed by atoms with Crippen LogP contribution in [0.4, 0.5) is 4.79 Å². The molecule has 3 heterocycles. The van der Waals surface area contributed by atoms with Crippen molar-refractivity contribution in [3.8, 4) is 0 Å². The molecule has 4 rings (SSSR count). The van der Waals surface area contributed by atoms with E-state index >= 15 is 0 Å². The van der Waals surface area contributed by atoms with E-state index in [4.69, 9.17) is 9.47 Å². The predicted octanol–water partition coefficient (Wildman–Crippen LogP) is 3.42. The third-order valence-electron chi connectivity index (χ3n) is 8.20. The van der Waals surface area contributed by atoms with Gasteiger partial charge in [0.05, 0.1) is 19.6 Å². The molecule has 0 bridgehead atoms. The maximum absolute atomic E-state index is 12.6. The van der Waals surface area contributed by atoms with E-state index in [1.54, 1.807) is 0 Å². The Balaban J connectivity index is 1.10. The lowest BCUT2D eigenvalue weighted by Gasteiger charge is -2.38. The molecule has 1 aromatic carbocycles. The molecule has 2 atom stereocenters. The Kier molecular flexibility index (Phi) is 10.0. The highest BCUT2D eigenvalue weighted by molar-refractivity contribution is 5.70. The van der Waals surface area contributed by atoms with Crippen LogP contribution in [0.1, 0.15) is 51.0 Å². The van der Waals surface area contributed by atoms with Crippen LogP contribution in [0.2, 0.25) is 0 Å². The highest BCUT2D eigenvalue weighted by atomic mass is 16.6. The molecule has 3 saturated heterocycles. The van der Waals surface area contributed by atoms with E-state index in [1.165, 1.54) is 51.4 Å². The van der Waals surface area contributed by atoms with Crippen LogP contribution in [0.15, 0.2) is 30.3 Å². The van der Waals surface area contributed by atoms with Crippen molar-refractivity contribution >= 4 is 12.1 Å². The van der Waals surface area contributed by atoms with Crippen LogP contribution in [-0.2, 0) is 20.8 Å². The average Bonchev–Trinajstić information content (AvgIpc) is 3.19. The third kappa shape index (κ3) is 7.43. The summed E-state index contributed by atoms with van der Waals surface area (Å²) in [5, 5.41) is 0. The molecule has 0 N–H and O–H groups in total. The lowest BCUT2D eigenvalue weighted by molar-refractivity contribution is -0.141. The number of piperazine rings is 1. The number of hydrogen-bond donors (Lipinski definition) is 0. The van der Waals surface area contributed by atoms with Gasteiger partial charge < -0.3 is 19.3 Å². The topological polar surface area (TPSA) is 65.6 Å². The summed E-state index contributed by atoms with van der Waals surface area (Å²) in [7, 11) is 1.43. The maximum atomic E-state index is 12.6. The van der Waals surface area contributed by atoms with Gasteiger partial charge in [0.1, 0.15) is 0 Å². The number of likely N-dealkylation sites (tertiary alicyclic amines) is 1. The number of amides is 1. The van der Waals surface area contributed by atoms with Crippen LogP contribution < -0.4 is 0 Å². The van der Waals surface area contributed by atoms with Gasteiger partial charge in [-0.1, -0.05) is 43.2 Å². The largest absolute Gasteiger partial charge is 0.469 e. The van der Waals surface area contributed by atoms with Crippen LogP contribution in [0, 0.1) is 5.92 Å². The van der Waals surface area contributed by atoms with Gasteiger partial charge in [0, 0.05) is 45.8 Å². The number of hydrogen-bond acceptors (Lipinski definition) is 7. The number of unbranched alkanes of at least 4 members (excludes halogenated alkanes) is 1. The van der Waals surface area contributed by atoms with Gasteiger partial charge in [-0.25, -0.2) is 4.79 Å². The zero-order valence-electron chi connectivity index (χ0n) is 22.1. The second kappa shape index (κ2) is 13.4. The molecule has 3 fully saturated rings. The van der Waals surface area contributed by atoms with Gasteiger partial charge in [-0.2, -0.15) is 0 Å². The van der Waals surface area contributed by atoms with Crippen LogP contribution in [-0.4, -0.2) is 103 Å². The molecule has 200 valence electrons. The van der Waals surface area contributed by atoms with E-state index in [-0.39, 0.29) is 24.3 Å². The van der Waals surface area contributed by atoms with Crippen molar-refractivity contribution in [2.45, 2.75) is 64.3 Å². The van der Waals surface area contributed by atoms with Crippen LogP contribution >= 0.6 is 0 Å². The van der Waals surface area contributed by atoms with Crippen LogP contribution in [0.5, 0.6) is 0 Å². The second-order valence-corrected chi connectivity index (χ2v) is 10.6. The minimum Gasteiger partial charge on any atom is -0.469 e. The number of nitrogens with zero attached hydrogens (tertiary/aromatic N) is 4. The summed E-state index contributed by atoms with van der Waals surface area (Å²) in [6.07, 6.45) is 6.11. The van der Waals surface area contributed by atoms with Crippen molar-refractivity contribution in [1.82, 2.24) is 19.6 Å². The van der Waals surface area contributed by atoms with E-state index in [0.29, 0.717) is 6.42 Å². The normalized spacial score (nSPS) is 24.7. The summed E-state index contributed by atoms with van der Waals surface area (Å²) in [6.45, 7) is 10.5. The second-order valence-electron chi connectivity index (χ2n) is 10.6. The fraction of sp³-hybridized carbons (Fsp3) is 0.714. The number of ether oxygens (including phenoxy) is 2. The molecule has 1 amide bonds. The Bertz CT molecular complexity index is 822. The van der Waals surface area contributed by atoms with Gasteiger partial charge in [0.25, 0.3) is 0 Å². The smallest absolute Gasteiger partial charge is 0.411 e. The standard InChI is InChI=1S/C28H44N4O4/c1-23-27(31-20-18-29(19-21-31)17-13-26(33)35-2)36-28(34)32(23)14-7-6-8-24-11-15-30(16-12-24)22-25-9-4-3-5-10-25/h3-5,9-10,23-24,27H,6-8,11-22H2,1-2H3. The first-order chi connectivity index (χ1) is 17.5. The number of cyclic esters (lactones) is 1. The maximum Gasteiger partial charge on any atom is 0.411 e. The Morgan fingerprint density at radius 1 is 0.972 bits per heavy atom. The third-order valence-corrected chi connectivity index (χ3v) is 8.20. The van der Waals surface area contributed by atoms with Crippen molar-refractivity contribution in [1.29, 1.82) is 0 Å². The van der Waals surface area contributed by atoms with Crippen molar-refractivity contribution in [2.24, 2.45) is 5.92 Å². The van der Waals surface area contributed by atoms with Crippen molar-refractivity contribution in [3.05, 3.63) is 35.9 Å². The number of carbonyl (C=O) groups is 2. The first kappa shape index (κ1) is 26.9. The molecule has 0 spiro atoms.